The molecule has 0 aliphatic heterocycles. The summed E-state index contributed by atoms with van der Waals surface area (Å²) in [4.78, 5) is 12.0. The van der Waals surface area contributed by atoms with Crippen LogP contribution in [0.15, 0.2) is 33.4 Å². The van der Waals surface area contributed by atoms with E-state index in [1.165, 1.54) is 6.20 Å². The van der Waals surface area contributed by atoms with Crippen molar-refractivity contribution in [2.24, 2.45) is 9.98 Å². The van der Waals surface area contributed by atoms with Crippen LogP contribution >= 0.6 is 0 Å². The van der Waals surface area contributed by atoms with Gasteiger partial charge in [-0.25, -0.2) is 15.0 Å². The van der Waals surface area contributed by atoms with Gasteiger partial charge >= 0.3 is 0 Å². The second kappa shape index (κ2) is 6.00. The van der Waals surface area contributed by atoms with E-state index in [9.17, 15) is 0 Å². The van der Waals surface area contributed by atoms with E-state index in [4.69, 9.17) is 4.42 Å². The maximum Gasteiger partial charge on any atom is 0.198 e. The molecule has 0 atom stereocenters. The highest BCUT2D eigenvalue weighted by atomic mass is 16.4. The normalized spacial score (nSPS) is 11.8. The van der Waals surface area contributed by atoms with Crippen LogP contribution in [0.5, 0.6) is 0 Å². The van der Waals surface area contributed by atoms with Crippen LogP contribution < -0.4 is 0 Å². The van der Waals surface area contributed by atoms with Crippen LogP contribution in [0.4, 0.5) is 0 Å². The summed E-state index contributed by atoms with van der Waals surface area (Å²) in [5.41, 5.74) is 0. The average Bonchev–Trinajstić information content (AvgIpc) is 2.77. The molecular formula is C12H17N3O. The van der Waals surface area contributed by atoms with Gasteiger partial charge in [0.25, 0.3) is 0 Å². The molecule has 1 rings (SSSR count). The minimum atomic E-state index is 0.351. The molecule has 86 valence electrons. The van der Waals surface area contributed by atoms with Crippen LogP contribution in [0.2, 0.25) is 0 Å². The van der Waals surface area contributed by atoms with Gasteiger partial charge in [0, 0.05) is 12.1 Å². The van der Waals surface area contributed by atoms with Gasteiger partial charge in [-0.1, -0.05) is 20.4 Å². The summed E-state index contributed by atoms with van der Waals surface area (Å²) >= 11 is 0. The predicted octanol–water partition coefficient (Wildman–Crippen LogP) is 3.17. The molecule has 0 spiro atoms. The number of aromatic nitrogens is 1. The van der Waals surface area contributed by atoms with E-state index in [1.807, 2.05) is 0 Å². The first kappa shape index (κ1) is 12.4. The van der Waals surface area contributed by atoms with Crippen molar-refractivity contribution in [2.75, 3.05) is 0 Å². The Morgan fingerprint density at radius 3 is 2.75 bits per heavy atom. The fourth-order valence-corrected chi connectivity index (χ4v) is 1.49. The smallest absolute Gasteiger partial charge is 0.198 e. The highest BCUT2D eigenvalue weighted by Gasteiger charge is 2.15. The zero-order valence-electron chi connectivity index (χ0n) is 9.81. The Kier molecular flexibility index (Phi) is 4.64. The van der Waals surface area contributed by atoms with E-state index in [-0.39, 0.29) is 0 Å². The summed E-state index contributed by atoms with van der Waals surface area (Å²) in [6.07, 6.45) is 5.05. The van der Waals surface area contributed by atoms with Crippen LogP contribution in [0, 0.1) is 0 Å². The SMILES string of the molecule is C=CN=C(N=C)c1cnc(C(CC)CC)o1. The molecule has 0 N–H and O–H groups in total. The molecule has 0 aliphatic rings. The minimum absolute atomic E-state index is 0.351. The summed E-state index contributed by atoms with van der Waals surface area (Å²) < 4.78 is 5.61. The van der Waals surface area contributed by atoms with Crippen molar-refractivity contribution in [3.05, 3.63) is 30.6 Å². The largest absolute Gasteiger partial charge is 0.437 e. The average molecular weight is 219 g/mol. The van der Waals surface area contributed by atoms with Gasteiger partial charge in [0.15, 0.2) is 17.5 Å². The minimum Gasteiger partial charge on any atom is -0.437 e. The lowest BCUT2D eigenvalue weighted by molar-refractivity contribution is 0.427. The molecule has 16 heavy (non-hydrogen) atoms. The molecular weight excluding hydrogens is 202 g/mol. The van der Waals surface area contributed by atoms with Gasteiger partial charge in [-0.05, 0) is 19.6 Å². The van der Waals surface area contributed by atoms with Crippen molar-refractivity contribution >= 4 is 12.6 Å². The fourth-order valence-electron chi connectivity index (χ4n) is 1.49. The van der Waals surface area contributed by atoms with Gasteiger partial charge < -0.3 is 4.42 Å². The summed E-state index contributed by atoms with van der Waals surface area (Å²) in [6, 6.07) is 0. The lowest BCUT2D eigenvalue weighted by Crippen LogP contribution is -1.95. The van der Waals surface area contributed by atoms with Crippen molar-refractivity contribution < 1.29 is 4.42 Å². The van der Waals surface area contributed by atoms with Crippen LogP contribution in [-0.2, 0) is 0 Å². The lowest BCUT2D eigenvalue weighted by Gasteiger charge is -2.05. The number of hydrogen-bond donors (Lipinski definition) is 0. The van der Waals surface area contributed by atoms with E-state index >= 15 is 0 Å². The van der Waals surface area contributed by atoms with Crippen LogP contribution in [0.3, 0.4) is 0 Å². The fraction of sp³-hybridized carbons (Fsp3) is 0.417. The first-order chi connectivity index (χ1) is 7.76. The number of hydrogen-bond acceptors (Lipinski definition) is 3. The van der Waals surface area contributed by atoms with Gasteiger partial charge in [-0.15, -0.1) is 0 Å². The lowest BCUT2D eigenvalue weighted by atomic mass is 10.0. The van der Waals surface area contributed by atoms with Crippen molar-refractivity contribution in [3.8, 4) is 0 Å². The van der Waals surface area contributed by atoms with E-state index in [0.717, 1.165) is 18.7 Å². The van der Waals surface area contributed by atoms with Crippen molar-refractivity contribution in [1.82, 2.24) is 4.98 Å². The molecule has 0 unspecified atom stereocenters. The van der Waals surface area contributed by atoms with Gasteiger partial charge in [-0.3, -0.25) is 0 Å². The molecule has 0 amide bonds. The topological polar surface area (TPSA) is 50.8 Å². The molecule has 0 saturated carbocycles. The van der Waals surface area contributed by atoms with Crippen LogP contribution in [0.1, 0.15) is 44.3 Å². The third kappa shape index (κ3) is 2.66. The highest BCUT2D eigenvalue weighted by Crippen LogP contribution is 2.22. The number of amidine groups is 1. The quantitative estimate of drug-likeness (QED) is 0.564. The number of aliphatic imine (C=N–C) groups is 2. The Balaban J connectivity index is 2.97. The second-order valence-corrected chi connectivity index (χ2v) is 3.37. The number of rotatable bonds is 5. The maximum absolute atomic E-state index is 5.61. The third-order valence-corrected chi connectivity index (χ3v) is 2.44. The van der Waals surface area contributed by atoms with E-state index in [2.05, 4.69) is 42.1 Å². The maximum atomic E-state index is 5.61. The summed E-state index contributed by atoms with van der Waals surface area (Å²) in [5.74, 6) is 2.04. The molecule has 0 saturated heterocycles. The summed E-state index contributed by atoms with van der Waals surface area (Å²) in [5, 5.41) is 0. The molecule has 4 nitrogen and oxygen atoms in total. The summed E-state index contributed by atoms with van der Waals surface area (Å²) in [7, 11) is 0. The molecule has 0 bridgehead atoms. The molecule has 1 heterocycles. The molecule has 0 aliphatic carbocycles. The second-order valence-electron chi connectivity index (χ2n) is 3.37. The molecule has 4 heteroatoms. The molecule has 1 aromatic heterocycles. The monoisotopic (exact) mass is 219 g/mol. The first-order valence-corrected chi connectivity index (χ1v) is 5.38. The standard InChI is InChI=1S/C12H17N3O/c1-5-9(6-2)12-15-8-10(16-12)11(13-4)14-7-3/h7-9H,3-6H2,1-2H3. The predicted molar refractivity (Wildman–Crippen MR) is 66.1 cm³/mol. The zero-order chi connectivity index (χ0) is 12.0. The highest BCUT2D eigenvalue weighted by molar-refractivity contribution is 5.99. The van der Waals surface area contributed by atoms with E-state index < -0.39 is 0 Å². The van der Waals surface area contributed by atoms with E-state index in [0.29, 0.717) is 17.5 Å². The molecule has 1 aromatic rings. The number of nitrogens with zero attached hydrogens (tertiary/aromatic N) is 3. The Bertz CT molecular complexity index is 389. The number of oxazole rings is 1. The van der Waals surface area contributed by atoms with Crippen LogP contribution in [-0.4, -0.2) is 17.5 Å². The van der Waals surface area contributed by atoms with Gasteiger partial charge in [0.05, 0.1) is 6.20 Å². The van der Waals surface area contributed by atoms with Crippen molar-refractivity contribution in [1.29, 1.82) is 0 Å². The zero-order valence-corrected chi connectivity index (χ0v) is 9.81. The van der Waals surface area contributed by atoms with Gasteiger partial charge in [-0.2, -0.15) is 0 Å². The van der Waals surface area contributed by atoms with Crippen molar-refractivity contribution in [3.63, 3.8) is 0 Å². The third-order valence-electron chi connectivity index (χ3n) is 2.44. The molecule has 0 fully saturated rings. The molecule has 0 radical (unpaired) electrons. The Morgan fingerprint density at radius 2 is 2.25 bits per heavy atom. The first-order valence-electron chi connectivity index (χ1n) is 5.38. The Labute approximate surface area is 95.8 Å². The Hall–Kier alpha value is -1.71. The van der Waals surface area contributed by atoms with E-state index in [1.54, 1.807) is 6.20 Å². The Morgan fingerprint density at radius 1 is 1.56 bits per heavy atom. The van der Waals surface area contributed by atoms with Gasteiger partial charge in [0.2, 0.25) is 0 Å². The molecule has 0 aromatic carbocycles. The summed E-state index contributed by atoms with van der Waals surface area (Å²) in [6.45, 7) is 11.2. The van der Waals surface area contributed by atoms with Crippen molar-refractivity contribution in [2.45, 2.75) is 32.6 Å². The van der Waals surface area contributed by atoms with Gasteiger partial charge in [0.1, 0.15) is 0 Å². The van der Waals surface area contributed by atoms with Crippen LogP contribution in [0.25, 0.3) is 0 Å².